The van der Waals surface area contributed by atoms with E-state index >= 15 is 0 Å². The van der Waals surface area contributed by atoms with Crippen LogP contribution in [0.1, 0.15) is 11.7 Å². The minimum Gasteiger partial charge on any atom is -0.386 e. The SMILES string of the molecule is O=C(NCC(O)c1ccccc1F)Nc1cccc([N+](=O)[O-])c1. The predicted octanol–water partition coefficient (Wildman–Crippen LogP) is 2.59. The maximum Gasteiger partial charge on any atom is 0.319 e. The second kappa shape index (κ2) is 7.32. The van der Waals surface area contributed by atoms with Crippen LogP contribution in [0.2, 0.25) is 0 Å². The first-order valence-corrected chi connectivity index (χ1v) is 6.69. The van der Waals surface area contributed by atoms with Crippen LogP contribution in [0.5, 0.6) is 0 Å². The highest BCUT2D eigenvalue weighted by molar-refractivity contribution is 5.89. The summed E-state index contributed by atoms with van der Waals surface area (Å²) in [7, 11) is 0. The van der Waals surface area contributed by atoms with E-state index in [0.29, 0.717) is 0 Å². The number of urea groups is 1. The van der Waals surface area contributed by atoms with E-state index < -0.39 is 22.9 Å². The molecule has 0 aliphatic carbocycles. The maximum absolute atomic E-state index is 13.5. The first-order valence-electron chi connectivity index (χ1n) is 6.69. The molecule has 23 heavy (non-hydrogen) atoms. The van der Waals surface area contributed by atoms with Gasteiger partial charge in [0.05, 0.1) is 11.0 Å². The number of halogens is 1. The topological polar surface area (TPSA) is 104 Å². The largest absolute Gasteiger partial charge is 0.386 e. The van der Waals surface area contributed by atoms with E-state index in [9.17, 15) is 24.4 Å². The molecule has 0 saturated carbocycles. The number of carbonyl (C=O) groups excluding carboxylic acids is 1. The summed E-state index contributed by atoms with van der Waals surface area (Å²) in [5.41, 5.74) is 0.148. The normalized spacial score (nSPS) is 11.6. The fraction of sp³-hybridized carbons (Fsp3) is 0.133. The minimum atomic E-state index is -1.20. The highest BCUT2D eigenvalue weighted by Crippen LogP contribution is 2.17. The van der Waals surface area contributed by atoms with Crippen LogP contribution in [-0.2, 0) is 0 Å². The Bertz CT molecular complexity index is 723. The van der Waals surface area contributed by atoms with Crippen LogP contribution in [0.15, 0.2) is 48.5 Å². The number of hydrogen-bond donors (Lipinski definition) is 3. The molecule has 1 unspecified atom stereocenters. The monoisotopic (exact) mass is 319 g/mol. The Morgan fingerprint density at radius 2 is 2.00 bits per heavy atom. The van der Waals surface area contributed by atoms with Crippen LogP contribution < -0.4 is 10.6 Å². The fourth-order valence-corrected chi connectivity index (χ4v) is 1.92. The second-order valence-corrected chi connectivity index (χ2v) is 4.68. The Morgan fingerprint density at radius 3 is 2.70 bits per heavy atom. The average molecular weight is 319 g/mol. The zero-order valence-electron chi connectivity index (χ0n) is 11.9. The summed E-state index contributed by atoms with van der Waals surface area (Å²) in [6, 6.07) is 10.4. The van der Waals surface area contributed by atoms with Gasteiger partial charge in [-0.25, -0.2) is 9.18 Å². The van der Waals surface area contributed by atoms with Crippen molar-refractivity contribution in [1.29, 1.82) is 0 Å². The Hall–Kier alpha value is -3.00. The van der Waals surface area contributed by atoms with E-state index in [1.807, 2.05) is 0 Å². The Kier molecular flexibility index (Phi) is 5.21. The van der Waals surface area contributed by atoms with E-state index in [0.717, 1.165) is 0 Å². The molecular formula is C15H14FN3O4. The number of anilines is 1. The van der Waals surface area contributed by atoms with Crippen molar-refractivity contribution in [2.75, 3.05) is 11.9 Å². The number of amides is 2. The van der Waals surface area contributed by atoms with Crippen molar-refractivity contribution in [2.45, 2.75) is 6.10 Å². The Labute approximate surface area is 130 Å². The molecule has 2 aromatic rings. The van der Waals surface area contributed by atoms with Gasteiger partial charge in [0.15, 0.2) is 0 Å². The molecule has 2 amide bonds. The number of aliphatic hydroxyl groups is 1. The average Bonchev–Trinajstić information content (AvgIpc) is 2.53. The summed E-state index contributed by atoms with van der Waals surface area (Å²) < 4.78 is 13.5. The molecule has 7 nitrogen and oxygen atoms in total. The van der Waals surface area contributed by atoms with Crippen LogP contribution in [0, 0.1) is 15.9 Å². The van der Waals surface area contributed by atoms with Crippen molar-refractivity contribution < 1.29 is 19.2 Å². The number of hydrogen-bond acceptors (Lipinski definition) is 4. The molecule has 0 aliphatic rings. The third-order valence-electron chi connectivity index (χ3n) is 3.04. The molecule has 0 spiro atoms. The van der Waals surface area contributed by atoms with Crippen LogP contribution in [0.3, 0.4) is 0 Å². The van der Waals surface area contributed by atoms with Gasteiger partial charge in [0.1, 0.15) is 5.82 Å². The van der Waals surface area contributed by atoms with Gasteiger partial charge in [-0.2, -0.15) is 0 Å². The Morgan fingerprint density at radius 1 is 1.26 bits per heavy atom. The van der Waals surface area contributed by atoms with Gasteiger partial charge in [-0.3, -0.25) is 10.1 Å². The molecule has 0 bridgehead atoms. The summed E-state index contributed by atoms with van der Waals surface area (Å²) in [6.45, 7) is -0.207. The number of rotatable bonds is 5. The number of aliphatic hydroxyl groups excluding tert-OH is 1. The van der Waals surface area contributed by atoms with Crippen LogP contribution in [-0.4, -0.2) is 22.6 Å². The summed E-state index contributed by atoms with van der Waals surface area (Å²) in [6.07, 6.45) is -1.20. The second-order valence-electron chi connectivity index (χ2n) is 4.68. The van der Waals surface area contributed by atoms with E-state index in [1.54, 1.807) is 6.07 Å². The first-order chi connectivity index (χ1) is 11.0. The molecule has 0 aromatic heterocycles. The third kappa shape index (κ3) is 4.48. The summed E-state index contributed by atoms with van der Waals surface area (Å²) in [5.74, 6) is -0.569. The van der Waals surface area contributed by atoms with Gasteiger partial charge in [0, 0.05) is 29.9 Å². The molecule has 1 atom stereocenters. The molecule has 3 N–H and O–H groups in total. The standard InChI is InChI=1S/C15H14FN3O4/c16-13-7-2-1-6-12(13)14(20)9-17-15(21)18-10-4-3-5-11(8-10)19(22)23/h1-8,14,20H,9H2,(H2,17,18,21). The van der Waals surface area contributed by atoms with Gasteiger partial charge in [0.2, 0.25) is 0 Å². The van der Waals surface area contributed by atoms with Crippen molar-refractivity contribution in [1.82, 2.24) is 5.32 Å². The molecule has 2 aromatic carbocycles. The molecule has 0 radical (unpaired) electrons. The van der Waals surface area contributed by atoms with Gasteiger partial charge in [-0.1, -0.05) is 24.3 Å². The number of nitrogens with one attached hydrogen (secondary N) is 2. The lowest BCUT2D eigenvalue weighted by Crippen LogP contribution is -2.32. The van der Waals surface area contributed by atoms with Crippen LogP contribution in [0.25, 0.3) is 0 Å². The molecule has 0 aliphatic heterocycles. The minimum absolute atomic E-state index is 0.0724. The summed E-state index contributed by atoms with van der Waals surface area (Å²) in [4.78, 5) is 21.8. The van der Waals surface area contributed by atoms with Crippen molar-refractivity contribution in [3.8, 4) is 0 Å². The van der Waals surface area contributed by atoms with E-state index in [2.05, 4.69) is 10.6 Å². The highest BCUT2D eigenvalue weighted by Gasteiger charge is 2.14. The quantitative estimate of drug-likeness (QED) is 0.582. The molecule has 0 saturated heterocycles. The lowest BCUT2D eigenvalue weighted by molar-refractivity contribution is -0.384. The number of non-ortho nitro benzene ring substituents is 1. The number of carbonyl (C=O) groups is 1. The molecule has 8 heteroatoms. The van der Waals surface area contributed by atoms with Crippen LogP contribution in [0.4, 0.5) is 20.6 Å². The zero-order valence-corrected chi connectivity index (χ0v) is 11.9. The number of nitro benzene ring substituents is 1. The molecule has 2 rings (SSSR count). The van der Waals surface area contributed by atoms with Crippen molar-refractivity contribution in [3.63, 3.8) is 0 Å². The Balaban J connectivity index is 1.91. The first kappa shape index (κ1) is 16.4. The maximum atomic E-state index is 13.5. The van der Waals surface area contributed by atoms with Gasteiger partial charge in [-0.05, 0) is 12.1 Å². The van der Waals surface area contributed by atoms with Crippen molar-refractivity contribution >= 4 is 17.4 Å². The van der Waals surface area contributed by atoms with Crippen molar-refractivity contribution in [2.24, 2.45) is 0 Å². The van der Waals surface area contributed by atoms with Gasteiger partial charge in [-0.15, -0.1) is 0 Å². The summed E-state index contributed by atoms with van der Waals surface area (Å²) in [5, 5.41) is 25.3. The van der Waals surface area contributed by atoms with E-state index in [4.69, 9.17) is 0 Å². The van der Waals surface area contributed by atoms with Crippen LogP contribution >= 0.6 is 0 Å². The fourth-order valence-electron chi connectivity index (χ4n) is 1.92. The lowest BCUT2D eigenvalue weighted by Gasteiger charge is -2.13. The molecular weight excluding hydrogens is 305 g/mol. The van der Waals surface area contributed by atoms with Crippen molar-refractivity contribution in [3.05, 3.63) is 70.0 Å². The zero-order chi connectivity index (χ0) is 16.8. The van der Waals surface area contributed by atoms with E-state index in [1.165, 1.54) is 42.5 Å². The van der Waals surface area contributed by atoms with Gasteiger partial charge in [0.25, 0.3) is 5.69 Å². The van der Waals surface area contributed by atoms with Gasteiger partial charge < -0.3 is 15.7 Å². The third-order valence-corrected chi connectivity index (χ3v) is 3.04. The number of benzene rings is 2. The highest BCUT2D eigenvalue weighted by atomic mass is 19.1. The summed E-state index contributed by atoms with van der Waals surface area (Å²) >= 11 is 0. The molecule has 120 valence electrons. The number of nitro groups is 1. The van der Waals surface area contributed by atoms with Gasteiger partial charge >= 0.3 is 6.03 Å². The predicted molar refractivity (Wildman–Crippen MR) is 81.5 cm³/mol. The number of nitrogens with zero attached hydrogens (tertiary/aromatic N) is 1. The van der Waals surface area contributed by atoms with E-state index in [-0.39, 0.29) is 23.5 Å². The molecule has 0 heterocycles. The molecule has 0 fully saturated rings. The smallest absolute Gasteiger partial charge is 0.319 e. The lowest BCUT2D eigenvalue weighted by atomic mass is 10.1.